The number of rotatable bonds is 40. The topological polar surface area (TPSA) is 12.5 Å². The fourth-order valence-corrected chi connectivity index (χ4v) is 35.7. The summed E-state index contributed by atoms with van der Waals surface area (Å²) in [4.78, 5) is 0. The molecule has 2 nitrogen and oxygen atoms in total. The monoisotopic (exact) mass is 1120 g/mol. The number of hydrogen-bond donors (Lipinski definition) is 0. The predicted octanol–water partition coefficient (Wildman–Crippen LogP) is 19.3. The molecule has 0 saturated heterocycles. The number of ether oxygens (including phenoxy) is 1. The molecule has 0 aliphatic carbocycles. The average Bonchev–Trinajstić information content (AvgIpc) is 3.42. The van der Waals surface area contributed by atoms with Gasteiger partial charge in [0.05, 0.1) is 24.2 Å². The average molecular weight is 1120 g/mol. The first-order valence-electron chi connectivity index (χ1n) is 30.9. The van der Waals surface area contributed by atoms with Crippen LogP contribution in [0.2, 0.25) is 54.4 Å². The fraction of sp³-hybridized carbons (Fsp3) is 0.631. The second kappa shape index (κ2) is 34.8. The minimum absolute atomic E-state index is 0.0536. The molecule has 0 spiro atoms. The van der Waals surface area contributed by atoms with Crippen molar-refractivity contribution in [2.24, 2.45) is 0 Å². The first-order chi connectivity index (χ1) is 36.3. The quantitative estimate of drug-likeness (QED) is 0.0325. The van der Waals surface area contributed by atoms with E-state index in [-0.39, 0.29) is 5.75 Å². The molecular formula is C65H106F3NOP2Si3. The highest BCUT2D eigenvalue weighted by Crippen LogP contribution is 2.56. The first-order valence-corrected chi connectivity index (χ1v) is 41.3. The van der Waals surface area contributed by atoms with Crippen molar-refractivity contribution in [2.45, 2.75) is 258 Å². The third kappa shape index (κ3) is 19.3. The maximum absolute atomic E-state index is 14.9. The predicted molar refractivity (Wildman–Crippen MR) is 340 cm³/mol. The Kier molecular flexibility index (Phi) is 30.4. The molecule has 0 radical (unpaired) electrons. The van der Waals surface area contributed by atoms with Crippen molar-refractivity contribution in [3.63, 3.8) is 0 Å². The maximum atomic E-state index is 14.9. The van der Waals surface area contributed by atoms with Gasteiger partial charge in [-0.2, -0.15) is 0 Å². The van der Waals surface area contributed by atoms with Crippen LogP contribution in [0.5, 0.6) is 5.75 Å². The summed E-state index contributed by atoms with van der Waals surface area (Å²) in [6, 6.07) is 48.7. The van der Waals surface area contributed by atoms with E-state index in [0.29, 0.717) is 5.30 Å². The third-order valence-corrected chi connectivity index (χ3v) is 38.6. The molecule has 1 unspecified atom stereocenters. The van der Waals surface area contributed by atoms with E-state index in [1.165, 1.54) is 191 Å². The van der Waals surface area contributed by atoms with E-state index in [9.17, 15) is 13.2 Å². The van der Waals surface area contributed by atoms with Gasteiger partial charge >= 0.3 is 6.36 Å². The lowest BCUT2D eigenvalue weighted by molar-refractivity contribution is -0.274. The Morgan fingerprint density at radius 3 is 0.960 bits per heavy atom. The molecule has 10 heteroatoms. The minimum atomic E-state index is -4.82. The summed E-state index contributed by atoms with van der Waals surface area (Å²) in [5.74, 6) is -0.0536. The number of nitrogens with zero attached hydrogens (tertiary/aromatic N) is 1. The molecule has 75 heavy (non-hydrogen) atoms. The summed E-state index contributed by atoms with van der Waals surface area (Å²) in [7, 11) is -8.69. The summed E-state index contributed by atoms with van der Waals surface area (Å²) in [5.41, 5.74) is 0. The van der Waals surface area contributed by atoms with Gasteiger partial charge in [-0.05, 0) is 34.5 Å². The number of benzene rings is 4. The molecule has 4 rings (SSSR count). The summed E-state index contributed by atoms with van der Waals surface area (Å²) in [6.45, 7) is 24.2. The molecule has 0 aliphatic rings. The highest BCUT2D eigenvalue weighted by molar-refractivity contribution is 7.84. The Morgan fingerprint density at radius 1 is 0.373 bits per heavy atom. The second-order valence-electron chi connectivity index (χ2n) is 22.5. The van der Waals surface area contributed by atoms with Crippen LogP contribution in [0, 0.1) is 0 Å². The van der Waals surface area contributed by atoms with Crippen molar-refractivity contribution < 1.29 is 17.9 Å². The van der Waals surface area contributed by atoms with Crippen LogP contribution in [-0.4, -0.2) is 41.6 Å². The van der Waals surface area contributed by atoms with Crippen LogP contribution in [0.3, 0.4) is 0 Å². The van der Waals surface area contributed by atoms with E-state index in [4.69, 9.17) is 4.74 Å². The number of unbranched alkanes of at least 4 members (excludes halogenated alkanes) is 10. The molecule has 420 valence electrons. The zero-order chi connectivity index (χ0) is 54.6. The molecule has 0 amide bonds. The van der Waals surface area contributed by atoms with Crippen molar-refractivity contribution in [3.8, 4) is 5.75 Å². The largest absolute Gasteiger partial charge is 0.573 e. The van der Waals surface area contributed by atoms with Gasteiger partial charge < -0.3 is 4.74 Å². The van der Waals surface area contributed by atoms with E-state index in [0.717, 1.165) is 19.4 Å². The lowest BCUT2D eigenvalue weighted by Crippen LogP contribution is -2.49. The van der Waals surface area contributed by atoms with Crippen molar-refractivity contribution in [2.75, 3.05) is 6.54 Å². The zero-order valence-corrected chi connectivity index (χ0v) is 54.1. The van der Waals surface area contributed by atoms with Gasteiger partial charge in [0.1, 0.15) is 5.75 Å². The molecule has 1 atom stereocenters. The lowest BCUT2D eigenvalue weighted by atomic mass is 10.3. The number of halogens is 3. The molecule has 0 bridgehead atoms. The van der Waals surface area contributed by atoms with Gasteiger partial charge in [0.15, 0.2) is 0 Å². The van der Waals surface area contributed by atoms with Gasteiger partial charge in [-0.15, -0.1) is 13.2 Å². The van der Waals surface area contributed by atoms with Crippen LogP contribution < -0.4 is 41.5 Å². The van der Waals surface area contributed by atoms with Gasteiger partial charge in [-0.1, -0.05) is 346 Å². The van der Waals surface area contributed by atoms with Crippen molar-refractivity contribution in [1.82, 2.24) is 4.44 Å². The van der Waals surface area contributed by atoms with Crippen LogP contribution in [0.4, 0.5) is 13.2 Å². The number of para-hydroxylation sites is 1. The van der Waals surface area contributed by atoms with E-state index in [1.54, 1.807) is 22.5 Å². The number of hydrogen-bond acceptors (Lipinski definition) is 2. The van der Waals surface area contributed by atoms with Gasteiger partial charge in [-0.25, -0.2) is 4.44 Å². The Morgan fingerprint density at radius 2 is 0.667 bits per heavy atom. The van der Waals surface area contributed by atoms with Crippen LogP contribution in [0.15, 0.2) is 97.1 Å². The van der Waals surface area contributed by atoms with E-state index >= 15 is 0 Å². The summed E-state index contributed by atoms with van der Waals surface area (Å²) >= 11 is 0. The zero-order valence-electron chi connectivity index (χ0n) is 49.3. The van der Waals surface area contributed by atoms with E-state index in [2.05, 4.69) is 146 Å². The van der Waals surface area contributed by atoms with Crippen molar-refractivity contribution in [1.29, 1.82) is 0 Å². The molecule has 4 aromatic carbocycles. The summed E-state index contributed by atoms with van der Waals surface area (Å²) in [6.07, 6.45) is 19.1. The Labute approximate surface area is 464 Å². The van der Waals surface area contributed by atoms with Crippen molar-refractivity contribution >= 4 is 77.1 Å². The second-order valence-corrected chi connectivity index (χ2v) is 41.0. The minimum Gasteiger partial charge on any atom is -0.405 e. The standard InChI is InChI=1S/C65H106F3NOP2Si3/c1-11-21-44-69(72(64-43-32-31-42-63(64)70-65(66,67)68)59-38-35-41-62(56-59)75(51-28-18-8,52-29-19-9)53-30-20-10)71(57-36-33-39-60(54-57)73(45-22-12-2,46-23-13-3)47-24-14-4)58-37-34-40-61(55-58)74(48-25-15-5,49-26-16-6)50-27-17-7/h31-43,54-56H,11-30,44-53H2,1-10H3. The molecular weight excluding hydrogens is 1010 g/mol. The van der Waals surface area contributed by atoms with Crippen LogP contribution >= 0.6 is 16.1 Å². The summed E-state index contributed by atoms with van der Waals surface area (Å²) < 4.78 is 52.7. The molecule has 4 aromatic rings. The first kappa shape index (κ1) is 65.5. The van der Waals surface area contributed by atoms with Gasteiger partial charge in [0.2, 0.25) is 0 Å². The van der Waals surface area contributed by atoms with Gasteiger partial charge in [0, 0.05) is 28.0 Å². The molecule has 0 aromatic heterocycles. The van der Waals surface area contributed by atoms with Crippen molar-refractivity contribution in [3.05, 3.63) is 97.1 Å². The highest BCUT2D eigenvalue weighted by Gasteiger charge is 2.41. The SMILES string of the molecule is CCCCN(P(c1cccc([Si](CCCC)(CCCC)CCCC)c1)c1cccc([Si](CCCC)(CCCC)CCCC)c1)P(c1cccc([Si](CCCC)(CCCC)CCCC)c1)c1ccccc1OC(F)(F)F. The maximum Gasteiger partial charge on any atom is 0.573 e. The van der Waals surface area contributed by atoms with Crippen LogP contribution in [0.1, 0.15) is 198 Å². The normalized spacial score (nSPS) is 13.1. The van der Waals surface area contributed by atoms with Gasteiger partial charge in [0.25, 0.3) is 0 Å². The van der Waals surface area contributed by atoms with Gasteiger partial charge in [-0.3, -0.25) is 0 Å². The third-order valence-electron chi connectivity index (χ3n) is 16.7. The lowest BCUT2D eigenvalue weighted by Gasteiger charge is -2.41. The van der Waals surface area contributed by atoms with E-state index < -0.39 is 46.7 Å². The smallest absolute Gasteiger partial charge is 0.405 e. The fourth-order valence-electron chi connectivity index (χ4n) is 12.2. The molecule has 0 N–H and O–H groups in total. The Bertz CT molecular complexity index is 2030. The molecule has 0 heterocycles. The molecule has 0 fully saturated rings. The number of alkyl halides is 3. The Balaban J connectivity index is 2.28. The molecule has 0 aliphatic heterocycles. The molecule has 0 saturated carbocycles. The Hall–Kier alpha value is -2.06. The highest BCUT2D eigenvalue weighted by atomic mass is 31.2. The summed E-state index contributed by atoms with van der Waals surface area (Å²) in [5, 5.41) is 9.32. The van der Waals surface area contributed by atoms with Crippen LogP contribution in [-0.2, 0) is 0 Å². The van der Waals surface area contributed by atoms with Crippen LogP contribution in [0.25, 0.3) is 0 Å². The van der Waals surface area contributed by atoms with E-state index in [1.807, 2.05) is 12.1 Å².